The molecule has 27 heavy (non-hydrogen) atoms. The van der Waals surface area contributed by atoms with E-state index in [1.54, 1.807) is 0 Å². The smallest absolute Gasteiger partial charge is 0.193 e. The summed E-state index contributed by atoms with van der Waals surface area (Å²) < 4.78 is 27.0. The first kappa shape index (κ1) is 21.9. The van der Waals surface area contributed by atoms with E-state index in [0.717, 1.165) is 5.56 Å². The van der Waals surface area contributed by atoms with Gasteiger partial charge in [0.2, 0.25) is 0 Å². The molecule has 0 amide bonds. The Morgan fingerprint density at radius 3 is 2.48 bits per heavy atom. The van der Waals surface area contributed by atoms with Crippen molar-refractivity contribution in [2.75, 3.05) is 6.61 Å². The van der Waals surface area contributed by atoms with E-state index in [0.29, 0.717) is 19.4 Å². The lowest BCUT2D eigenvalue weighted by molar-refractivity contribution is -0.0584. The number of hydrogen-bond donors (Lipinski definition) is 0. The summed E-state index contributed by atoms with van der Waals surface area (Å²) in [7, 11) is -2.01. The molecule has 0 aromatic heterocycles. The van der Waals surface area contributed by atoms with Crippen LogP contribution in [0, 0.1) is 0 Å². The van der Waals surface area contributed by atoms with Gasteiger partial charge in [0.1, 0.15) is 6.17 Å². The maximum atomic E-state index is 14.5. The number of hydrogen-bond acceptors (Lipinski definition) is 3. The predicted molar refractivity (Wildman–Crippen MR) is 109 cm³/mol. The molecule has 1 unspecified atom stereocenters. The van der Waals surface area contributed by atoms with Gasteiger partial charge in [-0.2, -0.15) is 0 Å². The van der Waals surface area contributed by atoms with Crippen molar-refractivity contribution in [3.8, 4) is 0 Å². The zero-order valence-electron chi connectivity index (χ0n) is 17.1. The van der Waals surface area contributed by atoms with E-state index >= 15 is 0 Å². The lowest BCUT2D eigenvalue weighted by Gasteiger charge is -2.40. The lowest BCUT2D eigenvalue weighted by atomic mass is 9.92. The standard InChI is InChI=1S/C20H32FN3O2Si/c1-20(2,3)27(4,5)26-19(15-9-7-6-8-10-15)14-25-18-12-11-16(23-24-22)13-17(18)21/h6-10,16-19H,11-14H2,1-5H3/t16-,17-,18-,19?/m0/s1. The van der Waals surface area contributed by atoms with Gasteiger partial charge in [-0.05, 0) is 48.5 Å². The molecule has 0 heterocycles. The van der Waals surface area contributed by atoms with Crippen molar-refractivity contribution >= 4 is 8.32 Å². The Bertz CT molecular complexity index is 644. The van der Waals surface area contributed by atoms with E-state index in [-0.39, 0.29) is 23.6 Å². The van der Waals surface area contributed by atoms with Crippen LogP contribution in [0.15, 0.2) is 35.4 Å². The van der Waals surface area contributed by atoms with Crippen LogP contribution in [0.25, 0.3) is 10.4 Å². The van der Waals surface area contributed by atoms with Crippen LogP contribution >= 0.6 is 0 Å². The van der Waals surface area contributed by atoms with Crippen LogP contribution < -0.4 is 0 Å². The molecular weight excluding hydrogens is 361 g/mol. The molecule has 0 spiro atoms. The van der Waals surface area contributed by atoms with Crippen LogP contribution in [-0.2, 0) is 9.16 Å². The van der Waals surface area contributed by atoms with E-state index in [4.69, 9.17) is 14.7 Å². The highest BCUT2D eigenvalue weighted by Gasteiger charge is 2.40. The third kappa shape index (κ3) is 6.04. The number of azide groups is 1. The molecule has 0 N–H and O–H groups in total. The maximum Gasteiger partial charge on any atom is 0.193 e. The second kappa shape index (κ2) is 9.19. The molecule has 2 rings (SSSR count). The average molecular weight is 394 g/mol. The van der Waals surface area contributed by atoms with Crippen molar-refractivity contribution < 1.29 is 13.6 Å². The van der Waals surface area contributed by atoms with Crippen LogP contribution in [0.2, 0.25) is 18.1 Å². The molecule has 0 radical (unpaired) electrons. The number of nitrogens with zero attached hydrogens (tertiary/aromatic N) is 3. The van der Waals surface area contributed by atoms with Gasteiger partial charge in [0, 0.05) is 11.0 Å². The summed E-state index contributed by atoms with van der Waals surface area (Å²) in [6.07, 6.45) is -0.341. The minimum absolute atomic E-state index is 0.0794. The van der Waals surface area contributed by atoms with Crippen molar-refractivity contribution in [3.05, 3.63) is 46.3 Å². The zero-order chi connectivity index (χ0) is 20.1. The molecule has 1 aliphatic rings. The summed E-state index contributed by atoms with van der Waals surface area (Å²) in [5, 5.41) is 3.73. The maximum absolute atomic E-state index is 14.5. The second-order valence-corrected chi connectivity index (χ2v) is 13.6. The molecular formula is C20H32FN3O2Si. The molecule has 1 aromatic carbocycles. The Morgan fingerprint density at radius 1 is 1.26 bits per heavy atom. The minimum Gasteiger partial charge on any atom is -0.408 e. The van der Waals surface area contributed by atoms with Crippen molar-refractivity contribution in [3.63, 3.8) is 0 Å². The molecule has 0 saturated heterocycles. The van der Waals surface area contributed by atoms with Crippen molar-refractivity contribution in [2.24, 2.45) is 5.11 Å². The number of rotatable bonds is 7. The highest BCUT2D eigenvalue weighted by Crippen LogP contribution is 2.40. The van der Waals surface area contributed by atoms with Gasteiger partial charge >= 0.3 is 0 Å². The Balaban J connectivity index is 2.06. The SMILES string of the molecule is CC(C)(C)[Si](C)(C)OC(CO[C@H]1CC[C@H](N=[N+]=[N-])C[C@@H]1F)c1ccccc1. The molecule has 0 aliphatic heterocycles. The van der Waals surface area contributed by atoms with Gasteiger partial charge in [0.25, 0.3) is 0 Å². The third-order valence-electron chi connectivity index (χ3n) is 5.78. The fraction of sp³-hybridized carbons (Fsp3) is 0.700. The van der Waals surface area contributed by atoms with Gasteiger partial charge in [0.15, 0.2) is 8.32 Å². The van der Waals surface area contributed by atoms with Gasteiger partial charge in [-0.3, -0.25) is 0 Å². The Hall–Kier alpha value is -1.40. The molecule has 150 valence electrons. The molecule has 0 bridgehead atoms. The van der Waals surface area contributed by atoms with E-state index in [9.17, 15) is 4.39 Å². The number of ether oxygens (including phenoxy) is 1. The molecule has 1 saturated carbocycles. The van der Waals surface area contributed by atoms with Gasteiger partial charge < -0.3 is 9.16 Å². The fourth-order valence-corrected chi connectivity index (χ4v) is 4.31. The second-order valence-electron chi connectivity index (χ2n) is 8.84. The first-order valence-corrected chi connectivity index (χ1v) is 12.6. The van der Waals surface area contributed by atoms with Crippen LogP contribution in [0.4, 0.5) is 4.39 Å². The highest BCUT2D eigenvalue weighted by atomic mass is 28.4. The first-order valence-electron chi connectivity index (χ1n) is 9.66. The van der Waals surface area contributed by atoms with Gasteiger partial charge in [0.05, 0.1) is 18.8 Å². The highest BCUT2D eigenvalue weighted by molar-refractivity contribution is 6.74. The Labute approximate surface area is 163 Å². The molecule has 5 nitrogen and oxygen atoms in total. The summed E-state index contributed by atoms with van der Waals surface area (Å²) in [6.45, 7) is 11.4. The average Bonchev–Trinajstić information content (AvgIpc) is 2.60. The molecule has 1 fully saturated rings. The van der Waals surface area contributed by atoms with E-state index in [1.807, 2.05) is 30.3 Å². The van der Waals surface area contributed by atoms with Gasteiger partial charge in [-0.15, -0.1) is 0 Å². The summed E-state index contributed by atoms with van der Waals surface area (Å²) in [6, 6.07) is 9.75. The van der Waals surface area contributed by atoms with Gasteiger partial charge in [-0.1, -0.05) is 56.2 Å². The monoisotopic (exact) mass is 393 g/mol. The summed E-state index contributed by atoms with van der Waals surface area (Å²) in [5.74, 6) is 0. The first-order chi connectivity index (χ1) is 12.6. The van der Waals surface area contributed by atoms with E-state index < -0.39 is 20.6 Å². The molecule has 4 atom stereocenters. The third-order valence-corrected chi connectivity index (χ3v) is 10.3. The quantitative estimate of drug-likeness (QED) is 0.235. The molecule has 7 heteroatoms. The minimum atomic E-state index is -2.01. The number of halogens is 1. The topological polar surface area (TPSA) is 67.2 Å². The number of alkyl halides is 1. The molecule has 1 aliphatic carbocycles. The van der Waals surface area contributed by atoms with Crippen molar-refractivity contribution in [1.82, 2.24) is 0 Å². The van der Waals surface area contributed by atoms with Crippen molar-refractivity contribution in [2.45, 2.75) is 82.6 Å². The van der Waals surface area contributed by atoms with Crippen LogP contribution in [-0.4, -0.2) is 33.2 Å². The van der Waals surface area contributed by atoms with Crippen molar-refractivity contribution in [1.29, 1.82) is 0 Å². The summed E-state index contributed by atoms with van der Waals surface area (Å²) >= 11 is 0. The Kier molecular flexibility index (Phi) is 7.45. The van der Waals surface area contributed by atoms with Crippen LogP contribution in [0.3, 0.4) is 0 Å². The summed E-state index contributed by atoms with van der Waals surface area (Å²) in [5.41, 5.74) is 9.59. The normalized spacial score (nSPS) is 24.9. The molecule has 1 aromatic rings. The summed E-state index contributed by atoms with van der Waals surface area (Å²) in [4.78, 5) is 2.80. The fourth-order valence-electron chi connectivity index (χ4n) is 3.04. The zero-order valence-corrected chi connectivity index (χ0v) is 18.1. The predicted octanol–water partition coefficient (Wildman–Crippen LogP) is 6.34. The van der Waals surface area contributed by atoms with Crippen LogP contribution in [0.5, 0.6) is 0 Å². The largest absolute Gasteiger partial charge is 0.408 e. The van der Waals surface area contributed by atoms with Crippen LogP contribution in [0.1, 0.15) is 51.7 Å². The Morgan fingerprint density at radius 2 is 1.93 bits per heavy atom. The number of benzene rings is 1. The van der Waals surface area contributed by atoms with E-state index in [1.165, 1.54) is 0 Å². The lowest BCUT2D eigenvalue weighted by Crippen LogP contribution is -2.43. The van der Waals surface area contributed by atoms with Gasteiger partial charge in [-0.25, -0.2) is 4.39 Å². The van der Waals surface area contributed by atoms with E-state index in [2.05, 4.69) is 43.9 Å².